The number of rotatable bonds is 10. The number of carbonyl (C=O) groups is 2. The van der Waals surface area contributed by atoms with E-state index in [2.05, 4.69) is 13.8 Å². The van der Waals surface area contributed by atoms with Gasteiger partial charge in [-0.3, -0.25) is 19.4 Å². The molecule has 2 amide bonds. The lowest BCUT2D eigenvalue weighted by atomic mass is 10.5. The van der Waals surface area contributed by atoms with Crippen LogP contribution in [0, 0.1) is 0 Å². The highest BCUT2D eigenvalue weighted by Gasteiger charge is 1.90. The van der Waals surface area contributed by atoms with Crippen molar-refractivity contribution in [3.05, 3.63) is 0 Å². The minimum atomic E-state index is -0.431. The Morgan fingerprint density at radius 3 is 1.14 bits per heavy atom. The number of aliphatic hydroxyl groups excluding tert-OH is 4. The van der Waals surface area contributed by atoms with E-state index in [0.29, 0.717) is 12.8 Å². The van der Waals surface area contributed by atoms with Gasteiger partial charge >= 0.3 is 0 Å². The second kappa shape index (κ2) is 23.8. The van der Waals surface area contributed by atoms with Gasteiger partial charge in [0.1, 0.15) is 26.9 Å². The Morgan fingerprint density at radius 1 is 0.762 bits per heavy atom. The number of nitrogens with zero attached hydrogens (tertiary/aromatic N) is 2. The topological polar surface area (TPSA) is 131 Å². The lowest BCUT2D eigenvalue weighted by molar-refractivity contribution is -0.126. The lowest BCUT2D eigenvalue weighted by Crippen LogP contribution is -2.23. The molecule has 0 saturated heterocycles. The molecule has 0 rings (SSSR count). The molecule has 9 nitrogen and oxygen atoms in total. The lowest BCUT2D eigenvalue weighted by Gasteiger charge is -2.06. The van der Waals surface area contributed by atoms with Crippen LogP contribution in [0.2, 0.25) is 0 Å². The zero-order valence-corrected chi connectivity index (χ0v) is 12.7. The number of carbonyl (C=O) groups excluding carboxylic acids is 2. The molecule has 0 aromatic heterocycles. The first-order valence-corrected chi connectivity index (χ1v) is 6.51. The molecule has 0 atom stereocenters. The summed E-state index contributed by atoms with van der Waals surface area (Å²) in [4.78, 5) is 20.8. The van der Waals surface area contributed by atoms with Crippen molar-refractivity contribution in [1.29, 1.82) is 0 Å². The van der Waals surface area contributed by atoms with Crippen LogP contribution in [-0.2, 0) is 14.3 Å². The van der Waals surface area contributed by atoms with Crippen molar-refractivity contribution in [1.82, 2.24) is 9.80 Å². The molecular formula is C12H28N2O7. The maximum absolute atomic E-state index is 9.57. The van der Waals surface area contributed by atoms with E-state index in [1.807, 2.05) is 0 Å². The van der Waals surface area contributed by atoms with E-state index in [1.54, 1.807) is 0 Å². The summed E-state index contributed by atoms with van der Waals surface area (Å²) < 4.78 is 5.13. The van der Waals surface area contributed by atoms with Gasteiger partial charge in [0.25, 0.3) is 0 Å². The van der Waals surface area contributed by atoms with Gasteiger partial charge in [-0.1, -0.05) is 13.8 Å². The van der Waals surface area contributed by atoms with E-state index in [0.717, 1.165) is 35.9 Å². The Morgan fingerprint density at radius 2 is 1.05 bits per heavy atom. The monoisotopic (exact) mass is 312 g/mol. The highest BCUT2D eigenvalue weighted by Crippen LogP contribution is 1.81. The molecule has 0 aliphatic rings. The van der Waals surface area contributed by atoms with Crippen molar-refractivity contribution in [3.8, 4) is 0 Å². The normalized spacial score (nSPS) is 8.67. The summed E-state index contributed by atoms with van der Waals surface area (Å²) >= 11 is 0. The quantitative estimate of drug-likeness (QED) is 0.220. The number of hydrogen-bond acceptors (Lipinski definition) is 7. The van der Waals surface area contributed by atoms with Crippen LogP contribution in [0.3, 0.4) is 0 Å². The molecule has 0 bridgehead atoms. The summed E-state index contributed by atoms with van der Waals surface area (Å²) in [6.07, 6.45) is 3.00. The first kappa shape index (κ1) is 24.7. The Kier molecular flexibility index (Phi) is 28.0. The molecule has 0 aliphatic heterocycles. The summed E-state index contributed by atoms with van der Waals surface area (Å²) in [5, 5.41) is 32.2. The summed E-state index contributed by atoms with van der Waals surface area (Å²) in [6, 6.07) is 0. The third kappa shape index (κ3) is 24.2. The molecule has 0 saturated carbocycles. The van der Waals surface area contributed by atoms with Crippen molar-refractivity contribution in [3.63, 3.8) is 0 Å². The standard InChI is InChI=1S/C6H14O.2C3H7NO3/c1-3-5-7-6-4-2;2*5-1-4(2-6)3-7/h3-6H2,1-2H3;2*1,6-7H,2-3H2. The Hall–Kier alpha value is -1.26. The highest BCUT2D eigenvalue weighted by atomic mass is 16.5. The van der Waals surface area contributed by atoms with Gasteiger partial charge in [0, 0.05) is 13.2 Å². The van der Waals surface area contributed by atoms with Gasteiger partial charge in [-0.05, 0) is 12.8 Å². The average Bonchev–Trinajstić information content (AvgIpc) is 2.53. The minimum Gasteiger partial charge on any atom is -0.381 e. The molecule has 0 aliphatic carbocycles. The van der Waals surface area contributed by atoms with E-state index in [1.165, 1.54) is 0 Å². The van der Waals surface area contributed by atoms with E-state index >= 15 is 0 Å². The molecule has 21 heavy (non-hydrogen) atoms. The maximum atomic E-state index is 9.57. The van der Waals surface area contributed by atoms with Crippen LogP contribution in [0.15, 0.2) is 0 Å². The van der Waals surface area contributed by atoms with Crippen molar-refractivity contribution in [2.24, 2.45) is 0 Å². The highest BCUT2D eigenvalue weighted by molar-refractivity contribution is 5.46. The Bertz CT molecular complexity index is 180. The van der Waals surface area contributed by atoms with Crippen LogP contribution in [0.4, 0.5) is 0 Å². The Labute approximate surface area is 125 Å². The van der Waals surface area contributed by atoms with Crippen molar-refractivity contribution < 1.29 is 34.8 Å². The predicted octanol–water partition coefficient (Wildman–Crippen LogP) is -1.49. The van der Waals surface area contributed by atoms with Gasteiger partial charge in [-0.2, -0.15) is 0 Å². The predicted molar refractivity (Wildman–Crippen MR) is 75.6 cm³/mol. The fourth-order valence-corrected chi connectivity index (χ4v) is 0.614. The fourth-order valence-electron chi connectivity index (χ4n) is 0.614. The molecule has 9 heteroatoms. The first-order valence-electron chi connectivity index (χ1n) is 6.51. The largest absolute Gasteiger partial charge is 0.381 e. The van der Waals surface area contributed by atoms with Crippen LogP contribution >= 0.6 is 0 Å². The SMILES string of the molecule is CCCOCCC.O=CN(CO)CO.O=CN(CO)CO. The third-order valence-corrected chi connectivity index (χ3v) is 1.72. The van der Waals surface area contributed by atoms with Crippen molar-refractivity contribution in [2.75, 3.05) is 40.1 Å². The number of aliphatic hydroxyl groups is 4. The van der Waals surface area contributed by atoms with Crippen LogP contribution in [0.25, 0.3) is 0 Å². The molecule has 128 valence electrons. The smallest absolute Gasteiger partial charge is 0.213 e. The van der Waals surface area contributed by atoms with Gasteiger partial charge in [0.15, 0.2) is 0 Å². The first-order chi connectivity index (χ1) is 10.1. The Balaban J connectivity index is -0.000000231. The summed E-state index contributed by atoms with van der Waals surface area (Å²) in [7, 11) is 0. The van der Waals surface area contributed by atoms with E-state index in [4.69, 9.17) is 25.2 Å². The van der Waals surface area contributed by atoms with Gasteiger partial charge in [0.2, 0.25) is 12.8 Å². The van der Waals surface area contributed by atoms with Crippen LogP contribution < -0.4 is 0 Å². The van der Waals surface area contributed by atoms with Crippen LogP contribution in [-0.4, -0.2) is 83.2 Å². The number of ether oxygens (including phenoxy) is 1. The maximum Gasteiger partial charge on any atom is 0.213 e. The van der Waals surface area contributed by atoms with E-state index in [-0.39, 0.29) is 0 Å². The fraction of sp³-hybridized carbons (Fsp3) is 0.833. The zero-order valence-electron chi connectivity index (χ0n) is 12.7. The molecule has 0 fully saturated rings. The van der Waals surface area contributed by atoms with Crippen molar-refractivity contribution >= 4 is 12.8 Å². The molecule has 0 unspecified atom stereocenters. The minimum absolute atomic E-state index is 0.361. The number of hydrogen-bond donors (Lipinski definition) is 4. The third-order valence-electron chi connectivity index (χ3n) is 1.72. The van der Waals surface area contributed by atoms with Crippen LogP contribution in [0.5, 0.6) is 0 Å². The molecule has 0 spiro atoms. The summed E-state index contributed by atoms with van der Waals surface area (Å²) in [5.74, 6) is 0. The van der Waals surface area contributed by atoms with Crippen molar-refractivity contribution in [2.45, 2.75) is 26.7 Å². The summed E-state index contributed by atoms with van der Waals surface area (Å²) in [6.45, 7) is 4.37. The molecule has 4 N–H and O–H groups in total. The molecule has 0 aromatic carbocycles. The summed E-state index contributed by atoms with van der Waals surface area (Å²) in [5.41, 5.74) is 0. The van der Waals surface area contributed by atoms with E-state index < -0.39 is 26.9 Å². The van der Waals surface area contributed by atoms with E-state index in [9.17, 15) is 9.59 Å². The second-order valence-corrected chi connectivity index (χ2v) is 3.57. The van der Waals surface area contributed by atoms with Gasteiger partial charge < -0.3 is 25.2 Å². The van der Waals surface area contributed by atoms with Gasteiger partial charge in [0.05, 0.1) is 0 Å². The van der Waals surface area contributed by atoms with Gasteiger partial charge in [-0.15, -0.1) is 0 Å². The average molecular weight is 312 g/mol. The van der Waals surface area contributed by atoms with Gasteiger partial charge in [-0.25, -0.2) is 0 Å². The second-order valence-electron chi connectivity index (χ2n) is 3.57. The van der Waals surface area contributed by atoms with Crippen LogP contribution in [0.1, 0.15) is 26.7 Å². The molecule has 0 aromatic rings. The molecule has 0 radical (unpaired) electrons. The molecular weight excluding hydrogens is 284 g/mol. The number of amides is 2. The zero-order chi connectivity index (χ0) is 16.9. The molecule has 0 heterocycles.